The van der Waals surface area contributed by atoms with E-state index in [9.17, 15) is 9.90 Å². The van der Waals surface area contributed by atoms with Crippen LogP contribution in [0.1, 0.15) is 60.9 Å². The maximum atomic E-state index is 12.4. The van der Waals surface area contributed by atoms with Gasteiger partial charge in [-0.3, -0.25) is 4.79 Å². The molecule has 24 heavy (non-hydrogen) atoms. The Balaban J connectivity index is 1.58. The van der Waals surface area contributed by atoms with Gasteiger partial charge in [0.15, 0.2) is 5.82 Å². The summed E-state index contributed by atoms with van der Waals surface area (Å²) in [4.78, 5) is 16.6. The van der Waals surface area contributed by atoms with E-state index in [1.807, 2.05) is 36.7 Å². The number of nitrogens with zero attached hydrogens (tertiary/aromatic N) is 3. The molecule has 1 fully saturated rings. The molecule has 0 spiro atoms. The number of hydrogen-bond acceptors (Lipinski definition) is 5. The maximum Gasteiger partial charge on any atom is 0.267 e. The van der Waals surface area contributed by atoms with Gasteiger partial charge in [0.1, 0.15) is 5.69 Å². The fourth-order valence-corrected chi connectivity index (χ4v) is 3.35. The molecule has 1 aliphatic carbocycles. The van der Waals surface area contributed by atoms with Crippen LogP contribution in [0, 0.1) is 12.8 Å². The fraction of sp³-hybridized carbons (Fsp3) is 0.588. The van der Waals surface area contributed by atoms with Crippen LogP contribution in [0.3, 0.4) is 0 Å². The van der Waals surface area contributed by atoms with Crippen molar-refractivity contribution in [1.29, 1.82) is 0 Å². The number of aliphatic hydroxyl groups is 1. The predicted molar refractivity (Wildman–Crippen MR) is 87.7 cm³/mol. The van der Waals surface area contributed by atoms with Crippen molar-refractivity contribution in [3.63, 3.8) is 0 Å². The number of aromatic nitrogens is 3. The van der Waals surface area contributed by atoms with Crippen molar-refractivity contribution >= 4 is 5.91 Å². The van der Waals surface area contributed by atoms with Gasteiger partial charge in [0.25, 0.3) is 5.91 Å². The Bertz CT molecular complexity index is 706. The van der Waals surface area contributed by atoms with Crippen LogP contribution < -0.4 is 5.32 Å². The molecule has 0 radical (unpaired) electrons. The molecule has 1 amide bonds. The average Bonchev–Trinajstić information content (AvgIpc) is 3.24. The van der Waals surface area contributed by atoms with Crippen molar-refractivity contribution in [1.82, 2.24) is 20.0 Å². The van der Waals surface area contributed by atoms with Gasteiger partial charge in [-0.1, -0.05) is 5.16 Å². The van der Waals surface area contributed by atoms with Crippen LogP contribution in [0.4, 0.5) is 0 Å². The van der Waals surface area contributed by atoms with Gasteiger partial charge in [-0.15, -0.1) is 0 Å². The van der Waals surface area contributed by atoms with E-state index in [0.717, 1.165) is 6.42 Å². The van der Waals surface area contributed by atoms with Crippen molar-refractivity contribution in [3.05, 3.63) is 35.7 Å². The van der Waals surface area contributed by atoms with Gasteiger partial charge in [0, 0.05) is 30.6 Å². The van der Waals surface area contributed by atoms with Gasteiger partial charge < -0.3 is 19.5 Å². The van der Waals surface area contributed by atoms with Gasteiger partial charge in [-0.25, -0.2) is 0 Å². The van der Waals surface area contributed by atoms with Crippen LogP contribution in [0.2, 0.25) is 0 Å². The standard InChI is InChI=1S/C17H24N4O3/c1-10(2)21-6-4-5-14(21)16(23)18-9-13-7-12(8-15(13)22)17-19-11(3)20-24-17/h4-6,10,12-13,15,22H,7-9H2,1-3H3,(H,18,23)/t12-,13+,15+/m0/s1. The van der Waals surface area contributed by atoms with Gasteiger partial charge in [-0.05, 0) is 45.7 Å². The van der Waals surface area contributed by atoms with Crippen LogP contribution in [0.15, 0.2) is 22.9 Å². The monoisotopic (exact) mass is 332 g/mol. The fourth-order valence-electron chi connectivity index (χ4n) is 3.35. The molecule has 7 nitrogen and oxygen atoms in total. The zero-order valence-corrected chi connectivity index (χ0v) is 14.3. The third-order valence-electron chi connectivity index (χ3n) is 4.64. The predicted octanol–water partition coefficient (Wildman–Crippen LogP) is 2.04. The summed E-state index contributed by atoms with van der Waals surface area (Å²) in [5.41, 5.74) is 0.640. The number of carbonyl (C=O) groups is 1. The molecular formula is C17H24N4O3. The van der Waals surface area contributed by atoms with Crippen molar-refractivity contribution in [3.8, 4) is 0 Å². The summed E-state index contributed by atoms with van der Waals surface area (Å²) < 4.78 is 7.14. The summed E-state index contributed by atoms with van der Waals surface area (Å²) in [5.74, 6) is 1.12. The van der Waals surface area contributed by atoms with Crippen LogP contribution in [-0.2, 0) is 0 Å². The SMILES string of the molecule is Cc1noc([C@H]2C[C@H](CNC(=O)c3cccn3C(C)C)[C@H](O)C2)n1. The van der Waals surface area contributed by atoms with E-state index in [0.29, 0.717) is 30.4 Å². The molecule has 130 valence electrons. The second-order valence-corrected chi connectivity index (χ2v) is 6.78. The second kappa shape index (κ2) is 6.76. The number of hydrogen-bond donors (Lipinski definition) is 2. The summed E-state index contributed by atoms with van der Waals surface area (Å²) in [6, 6.07) is 3.90. The molecule has 1 saturated carbocycles. The first-order valence-corrected chi connectivity index (χ1v) is 8.39. The highest BCUT2D eigenvalue weighted by atomic mass is 16.5. The summed E-state index contributed by atoms with van der Waals surface area (Å²) >= 11 is 0. The van der Waals surface area contributed by atoms with E-state index >= 15 is 0 Å². The zero-order chi connectivity index (χ0) is 17.3. The van der Waals surface area contributed by atoms with Crippen molar-refractivity contribution in [2.24, 2.45) is 5.92 Å². The second-order valence-electron chi connectivity index (χ2n) is 6.78. The lowest BCUT2D eigenvalue weighted by atomic mass is 10.0. The Morgan fingerprint density at radius 2 is 2.29 bits per heavy atom. The highest BCUT2D eigenvalue weighted by Gasteiger charge is 2.36. The number of aliphatic hydroxyl groups excluding tert-OH is 1. The Morgan fingerprint density at radius 1 is 1.50 bits per heavy atom. The number of carbonyl (C=O) groups excluding carboxylic acids is 1. The lowest BCUT2D eigenvalue weighted by Gasteiger charge is -2.17. The first kappa shape index (κ1) is 16.7. The van der Waals surface area contributed by atoms with E-state index in [2.05, 4.69) is 15.5 Å². The molecule has 2 heterocycles. The lowest BCUT2D eigenvalue weighted by Crippen LogP contribution is -2.33. The highest BCUT2D eigenvalue weighted by molar-refractivity contribution is 5.92. The van der Waals surface area contributed by atoms with Crippen LogP contribution in [0.5, 0.6) is 0 Å². The van der Waals surface area contributed by atoms with Crippen molar-refractivity contribution in [2.45, 2.75) is 51.7 Å². The number of nitrogens with one attached hydrogen (secondary N) is 1. The van der Waals surface area contributed by atoms with E-state index < -0.39 is 6.10 Å². The molecule has 2 aromatic heterocycles. The van der Waals surface area contributed by atoms with Gasteiger partial charge in [0.2, 0.25) is 5.89 Å². The molecule has 0 unspecified atom stereocenters. The average molecular weight is 332 g/mol. The van der Waals surface area contributed by atoms with Gasteiger partial charge in [-0.2, -0.15) is 4.98 Å². The van der Waals surface area contributed by atoms with Gasteiger partial charge >= 0.3 is 0 Å². The Kier molecular flexibility index (Phi) is 4.71. The lowest BCUT2D eigenvalue weighted by molar-refractivity contribution is 0.0906. The summed E-state index contributed by atoms with van der Waals surface area (Å²) in [6.07, 6.45) is 2.75. The minimum Gasteiger partial charge on any atom is -0.393 e. The molecular weight excluding hydrogens is 308 g/mol. The van der Waals surface area contributed by atoms with Crippen LogP contribution >= 0.6 is 0 Å². The summed E-state index contributed by atoms with van der Waals surface area (Å²) in [6.45, 7) is 6.29. The third kappa shape index (κ3) is 3.36. The quantitative estimate of drug-likeness (QED) is 0.874. The highest BCUT2D eigenvalue weighted by Crippen LogP contribution is 2.37. The first-order valence-electron chi connectivity index (χ1n) is 8.39. The third-order valence-corrected chi connectivity index (χ3v) is 4.64. The normalized spacial score (nSPS) is 23.8. The maximum absolute atomic E-state index is 12.4. The Hall–Kier alpha value is -2.15. The smallest absolute Gasteiger partial charge is 0.267 e. The molecule has 3 atom stereocenters. The van der Waals surface area contributed by atoms with Crippen molar-refractivity contribution < 1.29 is 14.4 Å². The minimum absolute atomic E-state index is 0.00591. The largest absolute Gasteiger partial charge is 0.393 e. The topological polar surface area (TPSA) is 93.2 Å². The molecule has 1 aliphatic rings. The number of rotatable bonds is 5. The minimum atomic E-state index is -0.473. The van der Waals surface area contributed by atoms with E-state index in [4.69, 9.17) is 4.52 Å². The van der Waals surface area contributed by atoms with Crippen LogP contribution in [-0.4, -0.2) is 38.4 Å². The summed E-state index contributed by atoms with van der Waals surface area (Å²) in [5, 5.41) is 17.0. The Labute approximate surface area is 141 Å². The zero-order valence-electron chi connectivity index (χ0n) is 14.3. The van der Waals surface area contributed by atoms with E-state index in [-0.39, 0.29) is 23.8 Å². The molecule has 0 aliphatic heterocycles. The molecule has 2 aromatic rings. The van der Waals surface area contributed by atoms with Crippen molar-refractivity contribution in [2.75, 3.05) is 6.54 Å². The summed E-state index contributed by atoms with van der Waals surface area (Å²) in [7, 11) is 0. The Morgan fingerprint density at radius 3 is 2.96 bits per heavy atom. The molecule has 2 N–H and O–H groups in total. The molecule has 0 bridgehead atoms. The molecule has 7 heteroatoms. The molecule has 3 rings (SSSR count). The molecule has 0 aromatic carbocycles. The van der Waals surface area contributed by atoms with Crippen LogP contribution in [0.25, 0.3) is 0 Å². The number of aryl methyl sites for hydroxylation is 1. The van der Waals surface area contributed by atoms with E-state index in [1.165, 1.54) is 0 Å². The first-order chi connectivity index (χ1) is 11.5. The van der Waals surface area contributed by atoms with Gasteiger partial charge in [0.05, 0.1) is 6.10 Å². The molecule has 0 saturated heterocycles. The number of amides is 1. The van der Waals surface area contributed by atoms with E-state index in [1.54, 1.807) is 6.92 Å².